The van der Waals surface area contributed by atoms with Gasteiger partial charge in [0.25, 0.3) is 0 Å². The van der Waals surface area contributed by atoms with Crippen LogP contribution in [-0.4, -0.2) is 27.8 Å². The Balaban J connectivity index is 1.77. The molecular weight excluding hydrogens is 350 g/mol. The Labute approximate surface area is 154 Å². The number of phenols is 2. The van der Waals surface area contributed by atoms with E-state index in [-0.39, 0.29) is 24.1 Å². The number of amides is 1. The minimum atomic E-state index is -0.857. The Kier molecular flexibility index (Phi) is 5.14. The fourth-order valence-electron chi connectivity index (χ4n) is 2.86. The van der Waals surface area contributed by atoms with Gasteiger partial charge in [-0.25, -0.2) is 4.79 Å². The second-order valence-electron chi connectivity index (χ2n) is 6.21. The van der Waals surface area contributed by atoms with Gasteiger partial charge in [-0.2, -0.15) is 0 Å². The second-order valence-corrected chi connectivity index (χ2v) is 6.21. The van der Waals surface area contributed by atoms with Crippen molar-refractivity contribution in [3.05, 3.63) is 69.6 Å². The first kappa shape index (κ1) is 18.5. The van der Waals surface area contributed by atoms with Crippen molar-refractivity contribution in [3.63, 3.8) is 0 Å². The zero-order valence-corrected chi connectivity index (χ0v) is 14.6. The quantitative estimate of drug-likeness (QED) is 0.403. The summed E-state index contributed by atoms with van der Waals surface area (Å²) in [5, 5.41) is 32.5. The number of aromatic hydroxyl groups is 2. The molecule has 3 rings (SSSR count). The lowest BCUT2D eigenvalue weighted by Crippen LogP contribution is -2.31. The molecule has 2 aromatic carbocycles. The van der Waals surface area contributed by atoms with Crippen molar-refractivity contribution in [2.45, 2.75) is 19.4 Å². The first-order chi connectivity index (χ1) is 12.9. The van der Waals surface area contributed by atoms with Crippen LogP contribution in [0.4, 0.5) is 0 Å². The van der Waals surface area contributed by atoms with Gasteiger partial charge in [0.15, 0.2) is 11.3 Å². The van der Waals surface area contributed by atoms with Gasteiger partial charge >= 0.3 is 5.63 Å². The van der Waals surface area contributed by atoms with Gasteiger partial charge < -0.3 is 25.1 Å². The molecule has 7 heteroatoms. The summed E-state index contributed by atoms with van der Waals surface area (Å²) in [6, 6.07) is 11.7. The molecule has 1 amide bonds. The summed E-state index contributed by atoms with van der Waals surface area (Å²) in [7, 11) is 0. The number of phenolic OH excluding ortho intramolecular Hbond substituents is 2. The van der Waals surface area contributed by atoms with Gasteiger partial charge in [0.05, 0.1) is 18.1 Å². The summed E-state index contributed by atoms with van der Waals surface area (Å²) in [4.78, 5) is 24.4. The second kappa shape index (κ2) is 7.51. The van der Waals surface area contributed by atoms with E-state index in [2.05, 4.69) is 5.32 Å². The third kappa shape index (κ3) is 3.78. The summed E-state index contributed by atoms with van der Waals surface area (Å²) in [6.45, 7) is 1.65. The molecule has 1 heterocycles. The highest BCUT2D eigenvalue weighted by Gasteiger charge is 2.18. The number of aryl methyl sites for hydroxylation is 1. The van der Waals surface area contributed by atoms with Crippen molar-refractivity contribution >= 4 is 16.9 Å². The van der Waals surface area contributed by atoms with Crippen molar-refractivity contribution < 1.29 is 24.5 Å². The molecule has 0 bridgehead atoms. The van der Waals surface area contributed by atoms with Gasteiger partial charge in [-0.05, 0) is 30.2 Å². The highest BCUT2D eigenvalue weighted by molar-refractivity contribution is 5.89. The highest BCUT2D eigenvalue weighted by atomic mass is 16.4. The molecule has 1 atom stereocenters. The van der Waals surface area contributed by atoms with Gasteiger partial charge in [-0.3, -0.25) is 4.79 Å². The Morgan fingerprint density at radius 1 is 1.15 bits per heavy atom. The van der Waals surface area contributed by atoms with Crippen molar-refractivity contribution in [2.75, 3.05) is 6.54 Å². The smallest absolute Gasteiger partial charge is 0.340 e. The normalized spacial score (nSPS) is 12.1. The van der Waals surface area contributed by atoms with Gasteiger partial charge in [0, 0.05) is 11.9 Å². The van der Waals surface area contributed by atoms with Crippen LogP contribution >= 0.6 is 0 Å². The van der Waals surface area contributed by atoms with E-state index in [0.717, 1.165) is 0 Å². The minimum Gasteiger partial charge on any atom is -0.504 e. The molecule has 0 fully saturated rings. The van der Waals surface area contributed by atoms with Crippen LogP contribution in [0.25, 0.3) is 11.0 Å². The maximum absolute atomic E-state index is 12.2. The standard InChI is InChI=1S/C20H19NO6/c1-11-13-7-8-15(22)18(25)19(13)27-20(26)14(11)9-17(24)21-10-16(23)12-5-3-2-4-6-12/h2-8,16,22-23,25H,9-10H2,1H3,(H,21,24)/t16-/m0/s1. The SMILES string of the molecule is Cc1c(CC(=O)NC[C@H](O)c2ccccc2)c(=O)oc2c(O)c(O)ccc12. The average molecular weight is 369 g/mol. The number of rotatable bonds is 5. The van der Waals surface area contributed by atoms with E-state index in [4.69, 9.17) is 4.42 Å². The van der Waals surface area contributed by atoms with Gasteiger partial charge in [-0.1, -0.05) is 30.3 Å². The topological polar surface area (TPSA) is 120 Å². The summed E-state index contributed by atoms with van der Waals surface area (Å²) in [5.74, 6) is -1.36. The summed E-state index contributed by atoms with van der Waals surface area (Å²) in [5.41, 5.74) is 0.421. The maximum atomic E-state index is 12.2. The molecule has 140 valence electrons. The molecule has 0 saturated carbocycles. The number of hydrogen-bond donors (Lipinski definition) is 4. The Hall–Kier alpha value is -3.32. The van der Waals surface area contributed by atoms with Gasteiger partial charge in [0.2, 0.25) is 11.7 Å². The lowest BCUT2D eigenvalue weighted by Gasteiger charge is -2.13. The van der Waals surface area contributed by atoms with Gasteiger partial charge in [0.1, 0.15) is 0 Å². The molecule has 27 heavy (non-hydrogen) atoms. The lowest BCUT2D eigenvalue weighted by atomic mass is 10.0. The summed E-state index contributed by atoms with van der Waals surface area (Å²) in [6.07, 6.45) is -1.09. The number of carbonyl (C=O) groups is 1. The van der Waals surface area contributed by atoms with Crippen LogP contribution in [0.2, 0.25) is 0 Å². The molecule has 0 radical (unpaired) electrons. The predicted octanol–water partition coefficient (Wildman–Crippen LogP) is 1.90. The van der Waals surface area contributed by atoms with Crippen LogP contribution < -0.4 is 10.9 Å². The number of aliphatic hydroxyl groups is 1. The summed E-state index contributed by atoms with van der Waals surface area (Å²) < 4.78 is 5.09. The molecule has 4 N–H and O–H groups in total. The van der Waals surface area contributed by atoms with E-state index in [1.807, 2.05) is 6.07 Å². The molecule has 0 spiro atoms. The van der Waals surface area contributed by atoms with Crippen molar-refractivity contribution in [2.24, 2.45) is 0 Å². The predicted molar refractivity (Wildman–Crippen MR) is 98.7 cm³/mol. The molecule has 0 aliphatic rings. The van der Waals surface area contributed by atoms with Crippen LogP contribution in [0.5, 0.6) is 11.5 Å². The maximum Gasteiger partial charge on any atom is 0.340 e. The molecular formula is C20H19NO6. The first-order valence-electron chi connectivity index (χ1n) is 8.35. The van der Waals surface area contributed by atoms with Crippen molar-refractivity contribution in [1.29, 1.82) is 0 Å². The Bertz CT molecular complexity index is 1040. The number of aliphatic hydroxyl groups excluding tert-OH is 1. The van der Waals surface area contributed by atoms with Crippen molar-refractivity contribution in [1.82, 2.24) is 5.32 Å². The number of fused-ring (bicyclic) bond motifs is 1. The Morgan fingerprint density at radius 3 is 2.56 bits per heavy atom. The van der Waals surface area contributed by atoms with Crippen LogP contribution in [0.1, 0.15) is 22.8 Å². The summed E-state index contributed by atoms with van der Waals surface area (Å²) >= 11 is 0. The first-order valence-corrected chi connectivity index (χ1v) is 8.35. The minimum absolute atomic E-state index is 0.00939. The fraction of sp³-hybridized carbons (Fsp3) is 0.200. The van der Waals surface area contributed by atoms with E-state index >= 15 is 0 Å². The molecule has 7 nitrogen and oxygen atoms in total. The molecule has 0 unspecified atom stereocenters. The van der Waals surface area contributed by atoms with Crippen LogP contribution in [0.15, 0.2) is 51.7 Å². The van der Waals surface area contributed by atoms with Crippen LogP contribution in [0, 0.1) is 6.92 Å². The zero-order chi connectivity index (χ0) is 19.6. The average Bonchev–Trinajstić information content (AvgIpc) is 2.67. The van der Waals surface area contributed by atoms with E-state index in [9.17, 15) is 24.9 Å². The van der Waals surface area contributed by atoms with E-state index < -0.39 is 29.1 Å². The molecule has 3 aromatic rings. The van der Waals surface area contributed by atoms with E-state index in [1.54, 1.807) is 31.2 Å². The Morgan fingerprint density at radius 2 is 1.85 bits per heavy atom. The number of hydrogen-bond acceptors (Lipinski definition) is 6. The lowest BCUT2D eigenvalue weighted by molar-refractivity contribution is -0.120. The van der Waals surface area contributed by atoms with E-state index in [0.29, 0.717) is 16.5 Å². The number of carbonyl (C=O) groups excluding carboxylic acids is 1. The third-order valence-electron chi connectivity index (χ3n) is 4.42. The van der Waals surface area contributed by atoms with E-state index in [1.165, 1.54) is 12.1 Å². The largest absolute Gasteiger partial charge is 0.504 e. The monoisotopic (exact) mass is 369 g/mol. The van der Waals surface area contributed by atoms with Gasteiger partial charge in [-0.15, -0.1) is 0 Å². The number of nitrogens with one attached hydrogen (secondary N) is 1. The third-order valence-corrected chi connectivity index (χ3v) is 4.42. The highest BCUT2D eigenvalue weighted by Crippen LogP contribution is 2.34. The van der Waals surface area contributed by atoms with Crippen LogP contribution in [0.3, 0.4) is 0 Å². The molecule has 0 aliphatic heterocycles. The zero-order valence-electron chi connectivity index (χ0n) is 14.6. The molecule has 1 aromatic heterocycles. The molecule has 0 aliphatic carbocycles. The number of benzene rings is 2. The van der Waals surface area contributed by atoms with Crippen molar-refractivity contribution in [3.8, 4) is 11.5 Å². The van der Waals surface area contributed by atoms with Crippen LogP contribution in [-0.2, 0) is 11.2 Å². The molecule has 0 saturated heterocycles. The fourth-order valence-corrected chi connectivity index (χ4v) is 2.86.